The predicted octanol–water partition coefficient (Wildman–Crippen LogP) is 2.47. The standard InChI is InChI=1S/C17H28N2O2/c1-12(11-13-7-8-13)19-10-9-15(20)18-16(17(19)21)14-5-3-2-4-6-14/h12-14,16H,2-11H2,1H3,(H,18,20). The van der Waals surface area contributed by atoms with Crippen LogP contribution in [0, 0.1) is 11.8 Å². The second-order valence-electron chi connectivity index (χ2n) is 7.25. The molecule has 0 spiro atoms. The third-order valence-corrected chi connectivity index (χ3v) is 5.47. The Balaban J connectivity index is 1.70. The Kier molecular flexibility index (Phi) is 4.51. The summed E-state index contributed by atoms with van der Waals surface area (Å²) in [5.41, 5.74) is 0. The largest absolute Gasteiger partial charge is 0.344 e. The summed E-state index contributed by atoms with van der Waals surface area (Å²) in [6.45, 7) is 2.76. The summed E-state index contributed by atoms with van der Waals surface area (Å²) in [5.74, 6) is 1.40. The van der Waals surface area contributed by atoms with Gasteiger partial charge in [-0.2, -0.15) is 0 Å². The molecule has 0 aromatic heterocycles. The lowest BCUT2D eigenvalue weighted by Gasteiger charge is -2.34. The Morgan fingerprint density at radius 2 is 1.86 bits per heavy atom. The van der Waals surface area contributed by atoms with Crippen molar-refractivity contribution in [3.63, 3.8) is 0 Å². The molecule has 3 fully saturated rings. The number of hydrogen-bond acceptors (Lipinski definition) is 2. The first-order valence-corrected chi connectivity index (χ1v) is 8.75. The van der Waals surface area contributed by atoms with E-state index in [1.807, 2.05) is 4.90 Å². The van der Waals surface area contributed by atoms with Crippen molar-refractivity contribution in [3.05, 3.63) is 0 Å². The van der Waals surface area contributed by atoms with Crippen molar-refractivity contribution < 1.29 is 9.59 Å². The fourth-order valence-electron chi connectivity index (χ4n) is 4.01. The van der Waals surface area contributed by atoms with E-state index in [0.717, 1.165) is 25.2 Å². The Bertz CT molecular complexity index is 400. The van der Waals surface area contributed by atoms with E-state index >= 15 is 0 Å². The SMILES string of the molecule is CC(CC1CC1)N1CCC(=O)NC(C2CCCCC2)C1=O. The highest BCUT2D eigenvalue weighted by atomic mass is 16.2. The van der Waals surface area contributed by atoms with Crippen LogP contribution in [0.1, 0.15) is 64.7 Å². The molecule has 0 aromatic rings. The fraction of sp³-hybridized carbons (Fsp3) is 0.882. The zero-order valence-corrected chi connectivity index (χ0v) is 13.1. The zero-order valence-electron chi connectivity index (χ0n) is 13.1. The van der Waals surface area contributed by atoms with Crippen LogP contribution in [0.15, 0.2) is 0 Å². The number of nitrogens with one attached hydrogen (secondary N) is 1. The van der Waals surface area contributed by atoms with Crippen molar-refractivity contribution in [1.29, 1.82) is 0 Å². The van der Waals surface area contributed by atoms with Gasteiger partial charge >= 0.3 is 0 Å². The molecule has 1 aliphatic heterocycles. The Morgan fingerprint density at radius 3 is 2.52 bits per heavy atom. The molecule has 3 rings (SSSR count). The normalized spacial score (nSPS) is 30.0. The highest BCUT2D eigenvalue weighted by molar-refractivity contribution is 5.90. The van der Waals surface area contributed by atoms with Gasteiger partial charge in [0.05, 0.1) is 0 Å². The molecular weight excluding hydrogens is 264 g/mol. The van der Waals surface area contributed by atoms with Crippen molar-refractivity contribution in [1.82, 2.24) is 10.2 Å². The first-order chi connectivity index (χ1) is 10.1. The molecule has 4 heteroatoms. The fourth-order valence-corrected chi connectivity index (χ4v) is 4.01. The molecular formula is C17H28N2O2. The average Bonchev–Trinajstić information content (AvgIpc) is 3.29. The van der Waals surface area contributed by atoms with Gasteiger partial charge in [-0.25, -0.2) is 0 Å². The molecule has 2 saturated carbocycles. The van der Waals surface area contributed by atoms with Gasteiger partial charge in [0.25, 0.3) is 0 Å². The Morgan fingerprint density at radius 1 is 1.14 bits per heavy atom. The van der Waals surface area contributed by atoms with E-state index in [-0.39, 0.29) is 23.9 Å². The van der Waals surface area contributed by atoms with Gasteiger partial charge in [-0.05, 0) is 38.0 Å². The van der Waals surface area contributed by atoms with Gasteiger partial charge in [-0.3, -0.25) is 9.59 Å². The number of carbonyl (C=O) groups excluding carboxylic acids is 2. The predicted molar refractivity (Wildman–Crippen MR) is 81.6 cm³/mol. The molecule has 0 aromatic carbocycles. The molecule has 2 aliphatic carbocycles. The molecule has 1 N–H and O–H groups in total. The van der Waals surface area contributed by atoms with Crippen molar-refractivity contribution >= 4 is 11.8 Å². The van der Waals surface area contributed by atoms with E-state index in [4.69, 9.17) is 0 Å². The van der Waals surface area contributed by atoms with Gasteiger partial charge in [0, 0.05) is 19.0 Å². The number of rotatable bonds is 4. The summed E-state index contributed by atoms with van der Waals surface area (Å²) in [6.07, 6.45) is 10.0. The highest BCUT2D eigenvalue weighted by Crippen LogP contribution is 2.35. The minimum absolute atomic E-state index is 0.0556. The maximum atomic E-state index is 12.9. The van der Waals surface area contributed by atoms with Crippen LogP contribution in [0.5, 0.6) is 0 Å². The summed E-state index contributed by atoms with van der Waals surface area (Å²) >= 11 is 0. The van der Waals surface area contributed by atoms with E-state index in [2.05, 4.69) is 12.2 Å². The summed E-state index contributed by atoms with van der Waals surface area (Å²) in [7, 11) is 0. The number of carbonyl (C=O) groups is 2. The minimum Gasteiger partial charge on any atom is -0.344 e. The van der Waals surface area contributed by atoms with E-state index in [1.54, 1.807) is 0 Å². The molecule has 1 heterocycles. The lowest BCUT2D eigenvalue weighted by Crippen LogP contribution is -2.51. The molecule has 21 heavy (non-hydrogen) atoms. The number of hydrogen-bond donors (Lipinski definition) is 1. The van der Waals surface area contributed by atoms with E-state index in [1.165, 1.54) is 32.1 Å². The third kappa shape index (κ3) is 3.58. The van der Waals surface area contributed by atoms with Gasteiger partial charge in [0.1, 0.15) is 6.04 Å². The second kappa shape index (κ2) is 6.37. The van der Waals surface area contributed by atoms with Gasteiger partial charge in [0.2, 0.25) is 11.8 Å². The topological polar surface area (TPSA) is 49.4 Å². The average molecular weight is 292 g/mol. The first-order valence-electron chi connectivity index (χ1n) is 8.75. The van der Waals surface area contributed by atoms with Crippen LogP contribution in [-0.4, -0.2) is 35.3 Å². The highest BCUT2D eigenvalue weighted by Gasteiger charge is 2.38. The van der Waals surface area contributed by atoms with Gasteiger partial charge in [-0.1, -0.05) is 32.1 Å². The van der Waals surface area contributed by atoms with Crippen molar-refractivity contribution in [2.75, 3.05) is 6.54 Å². The second-order valence-corrected chi connectivity index (χ2v) is 7.25. The van der Waals surface area contributed by atoms with Crippen LogP contribution in [0.25, 0.3) is 0 Å². The summed E-state index contributed by atoms with van der Waals surface area (Å²) < 4.78 is 0. The van der Waals surface area contributed by atoms with Crippen molar-refractivity contribution in [2.45, 2.75) is 76.8 Å². The van der Waals surface area contributed by atoms with Gasteiger partial charge in [-0.15, -0.1) is 0 Å². The van der Waals surface area contributed by atoms with Crippen LogP contribution in [-0.2, 0) is 9.59 Å². The molecule has 2 unspecified atom stereocenters. The number of amides is 2. The van der Waals surface area contributed by atoms with Crippen LogP contribution in [0.3, 0.4) is 0 Å². The lowest BCUT2D eigenvalue weighted by molar-refractivity contribution is -0.137. The molecule has 0 bridgehead atoms. The Hall–Kier alpha value is -1.06. The summed E-state index contributed by atoms with van der Waals surface area (Å²) in [6, 6.07) is 0.0192. The molecule has 118 valence electrons. The van der Waals surface area contributed by atoms with Crippen LogP contribution in [0.2, 0.25) is 0 Å². The monoisotopic (exact) mass is 292 g/mol. The third-order valence-electron chi connectivity index (χ3n) is 5.47. The smallest absolute Gasteiger partial charge is 0.245 e. The molecule has 4 nitrogen and oxygen atoms in total. The molecule has 1 saturated heterocycles. The quantitative estimate of drug-likeness (QED) is 0.865. The molecule has 2 amide bonds. The number of nitrogens with zero attached hydrogens (tertiary/aromatic N) is 1. The maximum Gasteiger partial charge on any atom is 0.245 e. The maximum absolute atomic E-state index is 12.9. The molecule has 3 aliphatic rings. The van der Waals surface area contributed by atoms with Crippen molar-refractivity contribution in [3.8, 4) is 0 Å². The van der Waals surface area contributed by atoms with Gasteiger partial charge in [0.15, 0.2) is 0 Å². The summed E-state index contributed by atoms with van der Waals surface area (Å²) in [4.78, 5) is 26.9. The van der Waals surface area contributed by atoms with Gasteiger partial charge < -0.3 is 10.2 Å². The minimum atomic E-state index is -0.262. The van der Waals surface area contributed by atoms with E-state index < -0.39 is 0 Å². The lowest BCUT2D eigenvalue weighted by atomic mass is 9.83. The zero-order chi connectivity index (χ0) is 14.8. The van der Waals surface area contributed by atoms with Crippen LogP contribution >= 0.6 is 0 Å². The van der Waals surface area contributed by atoms with Crippen molar-refractivity contribution in [2.24, 2.45) is 11.8 Å². The molecule has 2 atom stereocenters. The van der Waals surface area contributed by atoms with E-state index in [0.29, 0.717) is 18.9 Å². The molecule has 0 radical (unpaired) electrons. The Labute approximate surface area is 127 Å². The van der Waals surface area contributed by atoms with Crippen LogP contribution < -0.4 is 5.32 Å². The van der Waals surface area contributed by atoms with E-state index in [9.17, 15) is 9.59 Å². The summed E-state index contributed by atoms with van der Waals surface area (Å²) in [5, 5.41) is 3.02. The van der Waals surface area contributed by atoms with Crippen LogP contribution in [0.4, 0.5) is 0 Å². The first kappa shape index (κ1) is 14.9.